The average Bonchev–Trinajstić information content (AvgIpc) is 2.76. The van der Waals surface area contributed by atoms with Gasteiger partial charge in [-0.2, -0.15) is 0 Å². The highest BCUT2D eigenvalue weighted by atomic mass is 16.4. The Morgan fingerprint density at radius 3 is 1.24 bits per heavy atom. The Balaban J connectivity index is 0.000000234. The van der Waals surface area contributed by atoms with Crippen LogP contribution in [0.4, 0.5) is 0 Å². The molecule has 0 heterocycles. The Morgan fingerprint density at radius 1 is 0.586 bits per heavy atom. The predicted octanol–water partition coefficient (Wildman–Crippen LogP) is 3.00. The van der Waals surface area contributed by atoms with Gasteiger partial charge in [-0.05, 0) is 16.7 Å². The molecular formula is C23H24N2O4. The number of carbonyl (C=O) groups is 2. The summed E-state index contributed by atoms with van der Waals surface area (Å²) in [6.07, 6.45) is 0. The molecule has 150 valence electrons. The molecule has 0 aromatic heterocycles. The van der Waals surface area contributed by atoms with Crippen LogP contribution in [0, 0.1) is 0 Å². The van der Waals surface area contributed by atoms with Gasteiger partial charge in [0.05, 0.1) is 0 Å². The minimum absolute atomic E-state index is 0.329. The minimum atomic E-state index is -1.00. The summed E-state index contributed by atoms with van der Waals surface area (Å²) in [5.41, 5.74) is 13.6. The van der Waals surface area contributed by atoms with E-state index in [9.17, 15) is 9.59 Å². The summed E-state index contributed by atoms with van der Waals surface area (Å²) in [4.78, 5) is 21.5. The van der Waals surface area contributed by atoms with Crippen molar-refractivity contribution in [3.63, 3.8) is 0 Å². The maximum atomic E-state index is 11.2. The molecule has 0 spiro atoms. The number of hydrogen-bond acceptors (Lipinski definition) is 4. The highest BCUT2D eigenvalue weighted by Crippen LogP contribution is 2.27. The lowest BCUT2D eigenvalue weighted by Crippen LogP contribution is -2.37. The summed E-state index contributed by atoms with van der Waals surface area (Å²) in [5.74, 6) is -2.33. The van der Waals surface area contributed by atoms with Crippen LogP contribution in [0.5, 0.6) is 0 Å². The maximum Gasteiger partial charge on any atom is 0.325 e. The first-order valence-corrected chi connectivity index (χ1v) is 9.03. The molecule has 0 saturated heterocycles. The summed E-state index contributed by atoms with van der Waals surface area (Å²) in [7, 11) is 0. The molecule has 0 aliphatic heterocycles. The first-order chi connectivity index (χ1) is 13.9. The third kappa shape index (κ3) is 6.27. The fourth-order valence-electron chi connectivity index (χ4n) is 2.87. The van der Waals surface area contributed by atoms with Gasteiger partial charge in [-0.15, -0.1) is 0 Å². The van der Waals surface area contributed by atoms with E-state index in [-0.39, 0.29) is 5.92 Å². The molecule has 6 heteroatoms. The van der Waals surface area contributed by atoms with Crippen LogP contribution < -0.4 is 11.5 Å². The molecule has 0 radical (unpaired) electrons. The summed E-state index contributed by atoms with van der Waals surface area (Å²) < 4.78 is 0. The standard InChI is InChI=1S/C15H15NO2.C8H9NO2/c16-14(15(17)18)13(11-7-3-1-4-8-11)12-9-5-2-6-10-12;9-7(8(10)11)6-4-2-1-3-5-6/h1-10,13-14H,16H2,(H,17,18);1-5,7H,9H2,(H,10,11)/t14-;/m0./s1. The number of nitrogens with two attached hydrogens (primary N) is 2. The summed E-state index contributed by atoms with van der Waals surface area (Å²) in [5, 5.41) is 17.7. The van der Waals surface area contributed by atoms with E-state index in [1.54, 1.807) is 24.3 Å². The second-order valence-corrected chi connectivity index (χ2v) is 6.39. The van der Waals surface area contributed by atoms with Gasteiger partial charge in [0, 0.05) is 5.92 Å². The Morgan fingerprint density at radius 2 is 0.931 bits per heavy atom. The van der Waals surface area contributed by atoms with Gasteiger partial charge in [-0.3, -0.25) is 9.59 Å². The number of benzene rings is 3. The molecule has 0 bridgehead atoms. The third-order valence-electron chi connectivity index (χ3n) is 4.39. The molecule has 1 unspecified atom stereocenters. The van der Waals surface area contributed by atoms with Gasteiger partial charge in [0.2, 0.25) is 0 Å². The highest BCUT2D eigenvalue weighted by Gasteiger charge is 2.27. The van der Waals surface area contributed by atoms with E-state index in [2.05, 4.69) is 0 Å². The van der Waals surface area contributed by atoms with Crippen LogP contribution in [0.2, 0.25) is 0 Å². The molecular weight excluding hydrogens is 368 g/mol. The van der Waals surface area contributed by atoms with Crippen molar-refractivity contribution in [1.29, 1.82) is 0 Å². The highest BCUT2D eigenvalue weighted by molar-refractivity contribution is 5.76. The molecule has 0 fully saturated rings. The number of carboxylic acids is 2. The van der Waals surface area contributed by atoms with Crippen molar-refractivity contribution in [2.75, 3.05) is 0 Å². The van der Waals surface area contributed by atoms with Crippen LogP contribution in [0.1, 0.15) is 28.7 Å². The van der Waals surface area contributed by atoms with E-state index in [1.807, 2.05) is 66.7 Å². The van der Waals surface area contributed by atoms with Crippen LogP contribution in [0.15, 0.2) is 91.0 Å². The van der Waals surface area contributed by atoms with Crippen LogP contribution >= 0.6 is 0 Å². The summed E-state index contributed by atoms with van der Waals surface area (Å²) in [6.45, 7) is 0. The third-order valence-corrected chi connectivity index (χ3v) is 4.39. The predicted molar refractivity (Wildman–Crippen MR) is 111 cm³/mol. The largest absolute Gasteiger partial charge is 0.480 e. The minimum Gasteiger partial charge on any atom is -0.480 e. The second kappa shape index (κ2) is 10.8. The number of aliphatic carboxylic acids is 2. The summed E-state index contributed by atoms with van der Waals surface area (Å²) >= 11 is 0. The number of carboxylic acid groups (broad SMARTS) is 2. The molecule has 2 atom stereocenters. The molecule has 0 amide bonds. The smallest absolute Gasteiger partial charge is 0.325 e. The average molecular weight is 392 g/mol. The molecule has 29 heavy (non-hydrogen) atoms. The lowest BCUT2D eigenvalue weighted by atomic mass is 9.85. The van der Waals surface area contributed by atoms with Crippen molar-refractivity contribution in [2.45, 2.75) is 18.0 Å². The van der Waals surface area contributed by atoms with Gasteiger partial charge < -0.3 is 21.7 Å². The van der Waals surface area contributed by atoms with E-state index in [1.165, 1.54) is 0 Å². The Bertz CT molecular complexity index is 862. The van der Waals surface area contributed by atoms with Crippen molar-refractivity contribution in [3.05, 3.63) is 108 Å². The fraction of sp³-hybridized carbons (Fsp3) is 0.130. The van der Waals surface area contributed by atoms with E-state index < -0.39 is 24.0 Å². The lowest BCUT2D eigenvalue weighted by molar-refractivity contribution is -0.139. The van der Waals surface area contributed by atoms with Crippen molar-refractivity contribution in [1.82, 2.24) is 0 Å². The first-order valence-electron chi connectivity index (χ1n) is 9.03. The SMILES string of the molecule is NC(C(=O)O)c1ccccc1.N[C@H](C(=O)O)C(c1ccccc1)c1ccccc1. The van der Waals surface area contributed by atoms with Crippen molar-refractivity contribution < 1.29 is 19.8 Å². The molecule has 6 nitrogen and oxygen atoms in total. The zero-order valence-electron chi connectivity index (χ0n) is 15.8. The van der Waals surface area contributed by atoms with Gasteiger partial charge in [-0.1, -0.05) is 91.0 Å². The van der Waals surface area contributed by atoms with Gasteiger partial charge in [0.25, 0.3) is 0 Å². The van der Waals surface area contributed by atoms with Gasteiger partial charge in [-0.25, -0.2) is 0 Å². The molecule has 3 rings (SSSR count). The van der Waals surface area contributed by atoms with E-state index in [4.69, 9.17) is 21.7 Å². The lowest BCUT2D eigenvalue weighted by Gasteiger charge is -2.21. The Labute approximate surface area is 169 Å². The monoisotopic (exact) mass is 392 g/mol. The topological polar surface area (TPSA) is 127 Å². The molecule has 0 saturated carbocycles. The van der Waals surface area contributed by atoms with Gasteiger partial charge >= 0.3 is 11.9 Å². The van der Waals surface area contributed by atoms with Crippen molar-refractivity contribution in [3.8, 4) is 0 Å². The van der Waals surface area contributed by atoms with E-state index in [0.717, 1.165) is 11.1 Å². The Kier molecular flexibility index (Phi) is 8.09. The molecule has 0 aliphatic carbocycles. The molecule has 3 aromatic rings. The van der Waals surface area contributed by atoms with Crippen LogP contribution in [0.3, 0.4) is 0 Å². The number of rotatable bonds is 6. The summed E-state index contributed by atoms with van der Waals surface area (Å²) in [6, 6.07) is 25.8. The quantitative estimate of drug-likeness (QED) is 0.511. The normalized spacial score (nSPS) is 12.4. The maximum absolute atomic E-state index is 11.2. The van der Waals surface area contributed by atoms with Gasteiger partial charge in [0.1, 0.15) is 12.1 Å². The fourth-order valence-corrected chi connectivity index (χ4v) is 2.87. The second-order valence-electron chi connectivity index (χ2n) is 6.39. The molecule has 0 aliphatic rings. The zero-order valence-corrected chi connectivity index (χ0v) is 15.8. The van der Waals surface area contributed by atoms with Crippen LogP contribution in [0.25, 0.3) is 0 Å². The molecule has 3 aromatic carbocycles. The molecule has 6 N–H and O–H groups in total. The first kappa shape index (κ1) is 21.8. The van der Waals surface area contributed by atoms with Crippen molar-refractivity contribution >= 4 is 11.9 Å². The van der Waals surface area contributed by atoms with Crippen molar-refractivity contribution in [2.24, 2.45) is 11.5 Å². The van der Waals surface area contributed by atoms with Crippen LogP contribution in [-0.4, -0.2) is 28.2 Å². The van der Waals surface area contributed by atoms with E-state index in [0.29, 0.717) is 5.56 Å². The van der Waals surface area contributed by atoms with E-state index >= 15 is 0 Å². The Hall–Kier alpha value is -3.48. The number of hydrogen-bond donors (Lipinski definition) is 4. The van der Waals surface area contributed by atoms with Gasteiger partial charge in [0.15, 0.2) is 0 Å². The van der Waals surface area contributed by atoms with Crippen LogP contribution in [-0.2, 0) is 9.59 Å². The zero-order chi connectivity index (χ0) is 21.2.